The van der Waals surface area contributed by atoms with Crippen molar-refractivity contribution < 1.29 is 9.59 Å². The van der Waals surface area contributed by atoms with Crippen LogP contribution in [-0.2, 0) is 9.59 Å². The fourth-order valence-electron chi connectivity index (χ4n) is 3.36. The van der Waals surface area contributed by atoms with E-state index < -0.39 is 6.04 Å². The van der Waals surface area contributed by atoms with E-state index in [-0.39, 0.29) is 17.2 Å². The predicted molar refractivity (Wildman–Crippen MR) is 66.3 cm³/mol. The molecule has 0 aromatic heterocycles. The second kappa shape index (κ2) is 5.09. The van der Waals surface area contributed by atoms with Gasteiger partial charge in [0.1, 0.15) is 6.04 Å². The van der Waals surface area contributed by atoms with E-state index in [9.17, 15) is 9.59 Å². The minimum absolute atomic E-state index is 0.0725. The summed E-state index contributed by atoms with van der Waals surface area (Å²) in [6.45, 7) is 1.96. The Hall–Kier alpha value is -1.37. The zero-order valence-corrected chi connectivity index (χ0v) is 10.9. The third kappa shape index (κ3) is 2.27. The van der Waals surface area contributed by atoms with Crippen molar-refractivity contribution >= 4 is 11.8 Å². The zero-order chi connectivity index (χ0) is 13.2. The highest BCUT2D eigenvalue weighted by molar-refractivity contribution is 5.99. The van der Waals surface area contributed by atoms with E-state index in [4.69, 9.17) is 5.26 Å². The Bertz CT molecular complexity index is 371. The highest BCUT2D eigenvalue weighted by Gasteiger charge is 2.46. The van der Waals surface area contributed by atoms with Crippen molar-refractivity contribution in [2.24, 2.45) is 5.41 Å². The molecule has 98 valence electrons. The molecular weight excluding hydrogens is 228 g/mol. The van der Waals surface area contributed by atoms with Gasteiger partial charge in [-0.05, 0) is 24.7 Å². The lowest BCUT2D eigenvalue weighted by Gasteiger charge is -2.38. The lowest BCUT2D eigenvalue weighted by Crippen LogP contribution is -2.51. The summed E-state index contributed by atoms with van der Waals surface area (Å²) in [4.78, 5) is 25.6. The van der Waals surface area contributed by atoms with E-state index >= 15 is 0 Å². The number of piperidine rings is 1. The molecule has 0 aromatic carbocycles. The van der Waals surface area contributed by atoms with Gasteiger partial charge in [-0.1, -0.05) is 26.2 Å². The van der Waals surface area contributed by atoms with Crippen molar-refractivity contribution in [1.82, 2.24) is 4.90 Å². The number of hydrogen-bond donors (Lipinski definition) is 0. The molecule has 4 heteroatoms. The molecule has 4 nitrogen and oxygen atoms in total. The third-order valence-electron chi connectivity index (χ3n) is 4.28. The minimum atomic E-state index is -0.561. The molecule has 1 saturated heterocycles. The normalized spacial score (nSPS) is 24.3. The second-order valence-corrected chi connectivity index (χ2v) is 5.65. The molecule has 0 N–H and O–H groups in total. The average molecular weight is 248 g/mol. The number of carbonyl (C=O) groups is 2. The Morgan fingerprint density at radius 1 is 1.28 bits per heavy atom. The van der Waals surface area contributed by atoms with Crippen LogP contribution < -0.4 is 0 Å². The molecule has 2 amide bonds. The third-order valence-corrected chi connectivity index (χ3v) is 4.28. The Morgan fingerprint density at radius 2 is 1.83 bits per heavy atom. The Morgan fingerprint density at radius 3 is 2.28 bits per heavy atom. The van der Waals surface area contributed by atoms with Gasteiger partial charge in [-0.15, -0.1) is 0 Å². The first-order valence-corrected chi connectivity index (χ1v) is 6.86. The van der Waals surface area contributed by atoms with Crippen molar-refractivity contribution in [3.05, 3.63) is 0 Å². The van der Waals surface area contributed by atoms with Gasteiger partial charge in [-0.2, -0.15) is 5.26 Å². The first kappa shape index (κ1) is 13.1. The number of likely N-dealkylation sites (tertiary alicyclic amines) is 1. The van der Waals surface area contributed by atoms with Gasteiger partial charge in [0, 0.05) is 12.8 Å². The van der Waals surface area contributed by atoms with Crippen LogP contribution in [0.1, 0.15) is 58.3 Å². The largest absolute Gasteiger partial charge is 0.274 e. The van der Waals surface area contributed by atoms with Crippen LogP contribution in [0.5, 0.6) is 0 Å². The summed E-state index contributed by atoms with van der Waals surface area (Å²) in [5, 5.41) is 9.11. The number of rotatable bonds is 3. The maximum atomic E-state index is 12.2. The van der Waals surface area contributed by atoms with Gasteiger partial charge in [-0.3, -0.25) is 14.5 Å². The number of nitrogens with zero attached hydrogens (tertiary/aromatic N) is 2. The van der Waals surface area contributed by atoms with E-state index in [0.29, 0.717) is 19.3 Å². The van der Waals surface area contributed by atoms with Crippen molar-refractivity contribution in [2.45, 2.75) is 64.3 Å². The predicted octanol–water partition coefficient (Wildman–Crippen LogP) is 2.39. The molecule has 1 heterocycles. The second-order valence-electron chi connectivity index (χ2n) is 5.65. The summed E-state index contributed by atoms with van der Waals surface area (Å²) < 4.78 is 0. The standard InChI is InChI=1S/C14H20N2O2/c1-2-5-11(10-15)16-12(17)8-14(9-13(16)18)6-3-4-7-14/h11H,2-9H2,1H3. The molecule has 1 unspecified atom stereocenters. The van der Waals surface area contributed by atoms with Gasteiger partial charge in [0.25, 0.3) is 0 Å². The Balaban J connectivity index is 2.14. The molecule has 1 saturated carbocycles. The molecule has 1 spiro atoms. The summed E-state index contributed by atoms with van der Waals surface area (Å²) in [7, 11) is 0. The monoisotopic (exact) mass is 248 g/mol. The quantitative estimate of drug-likeness (QED) is 0.720. The molecular formula is C14H20N2O2. The topological polar surface area (TPSA) is 61.2 Å². The van der Waals surface area contributed by atoms with Crippen LogP contribution in [-0.4, -0.2) is 22.8 Å². The van der Waals surface area contributed by atoms with Crippen LogP contribution in [0.3, 0.4) is 0 Å². The average Bonchev–Trinajstić information content (AvgIpc) is 2.74. The molecule has 0 bridgehead atoms. The van der Waals surface area contributed by atoms with E-state index in [1.807, 2.05) is 6.92 Å². The van der Waals surface area contributed by atoms with Crippen LogP contribution in [0.2, 0.25) is 0 Å². The molecule has 2 fully saturated rings. The molecule has 2 aliphatic rings. The van der Waals surface area contributed by atoms with Crippen molar-refractivity contribution in [2.75, 3.05) is 0 Å². The highest BCUT2D eigenvalue weighted by atomic mass is 16.2. The minimum Gasteiger partial charge on any atom is -0.274 e. The fourth-order valence-corrected chi connectivity index (χ4v) is 3.36. The van der Waals surface area contributed by atoms with Crippen LogP contribution >= 0.6 is 0 Å². The van der Waals surface area contributed by atoms with Gasteiger partial charge in [0.05, 0.1) is 6.07 Å². The first-order valence-electron chi connectivity index (χ1n) is 6.86. The van der Waals surface area contributed by atoms with E-state index in [2.05, 4.69) is 6.07 Å². The summed E-state index contributed by atoms with van der Waals surface area (Å²) in [5.74, 6) is -0.263. The molecule has 1 aliphatic heterocycles. The van der Waals surface area contributed by atoms with E-state index in [0.717, 1.165) is 32.1 Å². The van der Waals surface area contributed by atoms with Crippen molar-refractivity contribution in [3.8, 4) is 6.07 Å². The SMILES string of the molecule is CCCC(C#N)N1C(=O)CC2(CCCC2)CC1=O. The first-order chi connectivity index (χ1) is 8.62. The van der Waals surface area contributed by atoms with Crippen LogP contribution in [0.4, 0.5) is 0 Å². The van der Waals surface area contributed by atoms with Gasteiger partial charge < -0.3 is 0 Å². The van der Waals surface area contributed by atoms with E-state index in [1.54, 1.807) is 0 Å². The molecule has 1 aliphatic carbocycles. The maximum Gasteiger partial charge on any atom is 0.230 e. The zero-order valence-electron chi connectivity index (χ0n) is 10.9. The number of hydrogen-bond acceptors (Lipinski definition) is 3. The van der Waals surface area contributed by atoms with Gasteiger partial charge in [0.2, 0.25) is 11.8 Å². The molecule has 0 radical (unpaired) electrons. The van der Waals surface area contributed by atoms with Crippen LogP contribution in [0.15, 0.2) is 0 Å². The van der Waals surface area contributed by atoms with Gasteiger partial charge >= 0.3 is 0 Å². The summed E-state index contributed by atoms with van der Waals surface area (Å²) in [6, 6.07) is 1.54. The van der Waals surface area contributed by atoms with Gasteiger partial charge in [0.15, 0.2) is 0 Å². The molecule has 0 aromatic rings. The number of carbonyl (C=O) groups excluding carboxylic acids is 2. The number of imide groups is 1. The maximum absolute atomic E-state index is 12.2. The molecule has 18 heavy (non-hydrogen) atoms. The lowest BCUT2D eigenvalue weighted by molar-refractivity contribution is -0.155. The molecule has 1 atom stereocenters. The van der Waals surface area contributed by atoms with Gasteiger partial charge in [-0.25, -0.2) is 0 Å². The van der Waals surface area contributed by atoms with Crippen LogP contribution in [0.25, 0.3) is 0 Å². The Kier molecular flexibility index (Phi) is 3.70. The number of nitriles is 1. The smallest absolute Gasteiger partial charge is 0.230 e. The van der Waals surface area contributed by atoms with Crippen molar-refractivity contribution in [3.63, 3.8) is 0 Å². The highest BCUT2D eigenvalue weighted by Crippen LogP contribution is 2.47. The summed E-state index contributed by atoms with van der Waals surface area (Å²) in [5.41, 5.74) is -0.0725. The summed E-state index contributed by atoms with van der Waals surface area (Å²) in [6.07, 6.45) is 6.53. The Labute approximate surface area is 108 Å². The molecule has 2 rings (SSSR count). The number of amides is 2. The lowest BCUT2D eigenvalue weighted by atomic mass is 9.76. The fraction of sp³-hybridized carbons (Fsp3) is 0.786. The summed E-state index contributed by atoms with van der Waals surface area (Å²) >= 11 is 0. The van der Waals surface area contributed by atoms with Crippen LogP contribution in [0, 0.1) is 16.7 Å². The van der Waals surface area contributed by atoms with E-state index in [1.165, 1.54) is 4.90 Å². The van der Waals surface area contributed by atoms with Crippen molar-refractivity contribution in [1.29, 1.82) is 5.26 Å².